The lowest BCUT2D eigenvalue weighted by molar-refractivity contribution is -0.133. The summed E-state index contributed by atoms with van der Waals surface area (Å²) in [7, 11) is 1.83. The van der Waals surface area contributed by atoms with Crippen LogP contribution in [0.1, 0.15) is 22.3 Å². The molecule has 2 amide bonds. The molecule has 0 saturated carbocycles. The number of likely N-dealkylation sites (N-methyl/N-ethyl adjacent to an activating group) is 1. The van der Waals surface area contributed by atoms with Crippen molar-refractivity contribution >= 4 is 11.8 Å². The van der Waals surface area contributed by atoms with Gasteiger partial charge in [-0.2, -0.15) is 0 Å². The zero-order chi connectivity index (χ0) is 23.4. The maximum absolute atomic E-state index is 13.0. The molecule has 1 fully saturated rings. The average molecular weight is 442 g/mol. The van der Waals surface area contributed by atoms with Crippen LogP contribution in [0.25, 0.3) is 11.1 Å². The van der Waals surface area contributed by atoms with Gasteiger partial charge in [-0.25, -0.2) is 0 Å². The van der Waals surface area contributed by atoms with E-state index in [1.165, 1.54) is 22.3 Å². The molecule has 0 radical (unpaired) electrons. The molecule has 2 heterocycles. The van der Waals surface area contributed by atoms with E-state index in [1.807, 2.05) is 24.1 Å². The molecule has 1 atom stereocenters. The molecule has 170 valence electrons. The van der Waals surface area contributed by atoms with Crippen molar-refractivity contribution in [1.29, 1.82) is 0 Å². The SMILES string of the molecule is Cc1cc(C)cc(-c2ccc(C[C@@H]3CN(C(=O)Cc4cccnc4)CCN(C)C3=O)cc2)c1. The van der Waals surface area contributed by atoms with E-state index in [9.17, 15) is 9.59 Å². The van der Waals surface area contributed by atoms with E-state index in [0.29, 0.717) is 32.5 Å². The maximum Gasteiger partial charge on any atom is 0.227 e. The first kappa shape index (κ1) is 22.7. The number of hydrogen-bond acceptors (Lipinski definition) is 3. The fourth-order valence-corrected chi connectivity index (χ4v) is 4.55. The summed E-state index contributed by atoms with van der Waals surface area (Å²) in [5, 5.41) is 0. The van der Waals surface area contributed by atoms with E-state index in [-0.39, 0.29) is 17.7 Å². The van der Waals surface area contributed by atoms with Gasteiger partial charge in [0.2, 0.25) is 11.8 Å². The Morgan fingerprint density at radius 2 is 1.70 bits per heavy atom. The Morgan fingerprint density at radius 3 is 2.36 bits per heavy atom. The monoisotopic (exact) mass is 441 g/mol. The van der Waals surface area contributed by atoms with Crippen LogP contribution < -0.4 is 0 Å². The molecule has 3 aromatic rings. The van der Waals surface area contributed by atoms with Crippen molar-refractivity contribution < 1.29 is 9.59 Å². The fraction of sp³-hybridized carbons (Fsp3) is 0.321. The minimum atomic E-state index is -0.248. The Labute approximate surface area is 196 Å². The third-order valence-electron chi connectivity index (χ3n) is 6.29. The molecule has 1 aliphatic rings. The number of aryl methyl sites for hydroxylation is 2. The van der Waals surface area contributed by atoms with E-state index in [0.717, 1.165) is 11.1 Å². The van der Waals surface area contributed by atoms with Gasteiger partial charge in [-0.05, 0) is 48.6 Å². The first-order chi connectivity index (χ1) is 15.9. The molecule has 0 bridgehead atoms. The van der Waals surface area contributed by atoms with Gasteiger partial charge in [-0.15, -0.1) is 0 Å². The Kier molecular flexibility index (Phi) is 6.87. The largest absolute Gasteiger partial charge is 0.344 e. The second kappa shape index (κ2) is 9.99. The molecule has 0 aliphatic carbocycles. The number of carbonyl (C=O) groups is 2. The molecule has 33 heavy (non-hydrogen) atoms. The highest BCUT2D eigenvalue weighted by molar-refractivity contribution is 5.83. The Morgan fingerprint density at radius 1 is 0.970 bits per heavy atom. The van der Waals surface area contributed by atoms with Crippen LogP contribution in [0.3, 0.4) is 0 Å². The summed E-state index contributed by atoms with van der Waals surface area (Å²) >= 11 is 0. The van der Waals surface area contributed by atoms with Crippen molar-refractivity contribution in [3.8, 4) is 11.1 Å². The molecule has 5 nitrogen and oxygen atoms in total. The first-order valence-corrected chi connectivity index (χ1v) is 11.5. The summed E-state index contributed by atoms with van der Waals surface area (Å²) in [5.74, 6) is -0.103. The third kappa shape index (κ3) is 5.67. The van der Waals surface area contributed by atoms with Gasteiger partial charge in [0.15, 0.2) is 0 Å². The van der Waals surface area contributed by atoms with Gasteiger partial charge in [-0.3, -0.25) is 14.6 Å². The second-order valence-corrected chi connectivity index (χ2v) is 9.11. The van der Waals surface area contributed by atoms with Crippen LogP contribution >= 0.6 is 0 Å². The Balaban J connectivity index is 1.48. The summed E-state index contributed by atoms with van der Waals surface area (Å²) in [6.07, 6.45) is 4.35. The van der Waals surface area contributed by atoms with E-state index in [4.69, 9.17) is 0 Å². The number of benzene rings is 2. The minimum absolute atomic E-state index is 0.0428. The van der Waals surface area contributed by atoms with E-state index < -0.39 is 0 Å². The molecule has 1 aliphatic heterocycles. The topological polar surface area (TPSA) is 53.5 Å². The molecule has 1 saturated heterocycles. The molecule has 0 unspecified atom stereocenters. The quantitative estimate of drug-likeness (QED) is 0.600. The smallest absolute Gasteiger partial charge is 0.227 e. The first-order valence-electron chi connectivity index (χ1n) is 11.5. The normalized spacial score (nSPS) is 16.6. The van der Waals surface area contributed by atoms with E-state index >= 15 is 0 Å². The average Bonchev–Trinajstić information content (AvgIpc) is 2.93. The van der Waals surface area contributed by atoms with Gasteiger partial charge in [0, 0.05) is 39.1 Å². The predicted octanol–water partition coefficient (Wildman–Crippen LogP) is 4.07. The predicted molar refractivity (Wildman–Crippen MR) is 131 cm³/mol. The van der Waals surface area contributed by atoms with Crippen molar-refractivity contribution in [2.45, 2.75) is 26.7 Å². The van der Waals surface area contributed by atoms with Crippen molar-refractivity contribution in [1.82, 2.24) is 14.8 Å². The number of amides is 2. The van der Waals surface area contributed by atoms with Crippen molar-refractivity contribution in [2.75, 3.05) is 26.7 Å². The molecule has 2 aromatic carbocycles. The van der Waals surface area contributed by atoms with Crippen molar-refractivity contribution in [3.05, 3.63) is 89.2 Å². The number of aromatic nitrogens is 1. The molecule has 1 aromatic heterocycles. The van der Waals surface area contributed by atoms with Crippen LogP contribution in [0.2, 0.25) is 0 Å². The minimum Gasteiger partial charge on any atom is -0.344 e. The van der Waals surface area contributed by atoms with Crippen molar-refractivity contribution in [2.24, 2.45) is 5.92 Å². The number of rotatable bonds is 5. The van der Waals surface area contributed by atoms with Crippen LogP contribution in [-0.2, 0) is 22.4 Å². The number of carbonyl (C=O) groups excluding carboxylic acids is 2. The van der Waals surface area contributed by atoms with Gasteiger partial charge in [0.05, 0.1) is 12.3 Å². The van der Waals surface area contributed by atoms with Gasteiger partial charge >= 0.3 is 0 Å². The highest BCUT2D eigenvalue weighted by Gasteiger charge is 2.30. The van der Waals surface area contributed by atoms with Gasteiger partial charge in [-0.1, -0.05) is 59.7 Å². The summed E-state index contributed by atoms with van der Waals surface area (Å²) < 4.78 is 0. The lowest BCUT2D eigenvalue weighted by atomic mass is 9.95. The van der Waals surface area contributed by atoms with Gasteiger partial charge in [0.25, 0.3) is 0 Å². The highest BCUT2D eigenvalue weighted by atomic mass is 16.2. The van der Waals surface area contributed by atoms with E-state index in [2.05, 4.69) is 61.3 Å². The zero-order valence-electron chi connectivity index (χ0n) is 19.6. The fourth-order valence-electron chi connectivity index (χ4n) is 4.55. The van der Waals surface area contributed by atoms with Crippen LogP contribution in [0.5, 0.6) is 0 Å². The number of hydrogen-bond donors (Lipinski definition) is 0. The molecule has 5 heteroatoms. The van der Waals surface area contributed by atoms with Gasteiger partial charge in [0.1, 0.15) is 0 Å². The van der Waals surface area contributed by atoms with Gasteiger partial charge < -0.3 is 9.80 Å². The summed E-state index contributed by atoms with van der Waals surface area (Å²) in [4.78, 5) is 33.7. The zero-order valence-corrected chi connectivity index (χ0v) is 19.6. The lowest BCUT2D eigenvalue weighted by Gasteiger charge is -2.23. The second-order valence-electron chi connectivity index (χ2n) is 9.11. The standard InChI is InChI=1S/C28H31N3O2/c1-20-13-21(2)15-25(14-20)24-8-6-22(7-9-24)16-26-19-31(12-11-30(3)28(26)33)27(32)17-23-5-4-10-29-18-23/h4-10,13-15,18,26H,11-12,16-17,19H2,1-3H3/t26-/m1/s1. The number of nitrogens with zero attached hydrogens (tertiary/aromatic N) is 3. The van der Waals surface area contributed by atoms with E-state index in [1.54, 1.807) is 17.3 Å². The third-order valence-corrected chi connectivity index (χ3v) is 6.29. The molecular formula is C28H31N3O2. The van der Waals surface area contributed by atoms with Crippen LogP contribution in [0.4, 0.5) is 0 Å². The number of pyridine rings is 1. The maximum atomic E-state index is 13.0. The summed E-state index contributed by atoms with van der Waals surface area (Å²) in [5.41, 5.74) is 6.87. The Bertz CT molecular complexity index is 1110. The summed E-state index contributed by atoms with van der Waals surface area (Å²) in [6.45, 7) is 5.78. The van der Waals surface area contributed by atoms with Crippen LogP contribution in [0.15, 0.2) is 67.0 Å². The summed E-state index contributed by atoms with van der Waals surface area (Å²) in [6, 6.07) is 18.8. The van der Waals surface area contributed by atoms with Crippen LogP contribution in [-0.4, -0.2) is 53.3 Å². The molecule has 0 spiro atoms. The highest BCUT2D eigenvalue weighted by Crippen LogP contribution is 2.24. The Hall–Kier alpha value is -3.47. The van der Waals surface area contributed by atoms with Crippen LogP contribution in [0, 0.1) is 19.8 Å². The lowest BCUT2D eigenvalue weighted by Crippen LogP contribution is -2.38. The molecule has 4 rings (SSSR count). The van der Waals surface area contributed by atoms with Crippen molar-refractivity contribution in [3.63, 3.8) is 0 Å². The molecule has 0 N–H and O–H groups in total. The molecular weight excluding hydrogens is 410 g/mol.